The molecule has 2 heteroatoms. The molecule has 16 heavy (non-hydrogen) atoms. The van der Waals surface area contributed by atoms with Gasteiger partial charge in [-0.1, -0.05) is 26.7 Å². The summed E-state index contributed by atoms with van der Waals surface area (Å²) in [6.45, 7) is 7.91. The lowest BCUT2D eigenvalue weighted by Gasteiger charge is -2.19. The van der Waals surface area contributed by atoms with Gasteiger partial charge in [0.15, 0.2) is 0 Å². The van der Waals surface area contributed by atoms with Crippen LogP contribution in [0.5, 0.6) is 0 Å². The van der Waals surface area contributed by atoms with E-state index in [9.17, 15) is 0 Å². The van der Waals surface area contributed by atoms with E-state index in [1.165, 1.54) is 51.6 Å². The van der Waals surface area contributed by atoms with E-state index in [-0.39, 0.29) is 0 Å². The van der Waals surface area contributed by atoms with Crippen molar-refractivity contribution in [2.75, 3.05) is 19.6 Å². The first kappa shape index (κ1) is 14.0. The Bertz CT molecular complexity index is 164. The number of hydrogen-bond acceptors (Lipinski definition) is 2. The van der Waals surface area contributed by atoms with Crippen molar-refractivity contribution in [3.05, 3.63) is 0 Å². The molecule has 1 unspecified atom stereocenters. The fourth-order valence-corrected chi connectivity index (χ4v) is 2.35. The molecule has 1 atom stereocenters. The zero-order valence-electron chi connectivity index (χ0n) is 11.2. The molecule has 1 saturated carbocycles. The van der Waals surface area contributed by atoms with Crippen molar-refractivity contribution >= 4 is 0 Å². The second-order valence-corrected chi connectivity index (χ2v) is 5.71. The molecule has 0 aromatic carbocycles. The Morgan fingerprint density at radius 2 is 1.94 bits per heavy atom. The highest BCUT2D eigenvalue weighted by atomic mass is 14.8. The first-order valence-corrected chi connectivity index (χ1v) is 7.14. The zero-order valence-corrected chi connectivity index (χ0v) is 11.2. The Kier molecular flexibility index (Phi) is 7.06. The van der Waals surface area contributed by atoms with E-state index in [1.807, 2.05) is 0 Å². The highest BCUT2D eigenvalue weighted by Crippen LogP contribution is 2.31. The predicted molar refractivity (Wildman–Crippen MR) is 71.4 cm³/mol. The van der Waals surface area contributed by atoms with Crippen molar-refractivity contribution in [3.63, 3.8) is 0 Å². The van der Waals surface area contributed by atoms with Crippen LogP contribution in [0.1, 0.15) is 52.4 Å². The smallest absolute Gasteiger partial charge is 0.00463 e. The lowest BCUT2D eigenvalue weighted by molar-refractivity contribution is 0.331. The lowest BCUT2D eigenvalue weighted by Crippen LogP contribution is -2.20. The molecule has 96 valence electrons. The third-order valence-corrected chi connectivity index (χ3v) is 3.84. The van der Waals surface area contributed by atoms with Gasteiger partial charge in [-0.2, -0.15) is 0 Å². The molecule has 1 aliphatic rings. The van der Waals surface area contributed by atoms with Gasteiger partial charge in [-0.05, 0) is 63.1 Å². The van der Waals surface area contributed by atoms with Crippen LogP contribution in [-0.2, 0) is 0 Å². The van der Waals surface area contributed by atoms with Gasteiger partial charge in [0.05, 0.1) is 0 Å². The second-order valence-electron chi connectivity index (χ2n) is 5.71. The topological polar surface area (TPSA) is 38.0 Å². The Morgan fingerprint density at radius 1 is 1.19 bits per heavy atom. The maximum Gasteiger partial charge on any atom is -0.00463 e. The summed E-state index contributed by atoms with van der Waals surface area (Å²) in [5.74, 6) is 2.68. The third kappa shape index (κ3) is 6.49. The summed E-state index contributed by atoms with van der Waals surface area (Å²) in [6, 6.07) is 0. The molecule has 1 fully saturated rings. The molecular weight excluding hydrogens is 196 g/mol. The molecule has 0 amide bonds. The van der Waals surface area contributed by atoms with Gasteiger partial charge in [-0.3, -0.25) is 0 Å². The van der Waals surface area contributed by atoms with Crippen molar-refractivity contribution < 1.29 is 0 Å². The van der Waals surface area contributed by atoms with Gasteiger partial charge in [0, 0.05) is 0 Å². The van der Waals surface area contributed by atoms with Crippen molar-refractivity contribution in [1.29, 1.82) is 0 Å². The van der Waals surface area contributed by atoms with E-state index < -0.39 is 0 Å². The van der Waals surface area contributed by atoms with Gasteiger partial charge in [0.2, 0.25) is 0 Å². The van der Waals surface area contributed by atoms with Crippen molar-refractivity contribution in [2.45, 2.75) is 52.4 Å². The van der Waals surface area contributed by atoms with Crippen molar-refractivity contribution in [1.82, 2.24) is 5.32 Å². The van der Waals surface area contributed by atoms with Crippen LogP contribution in [-0.4, -0.2) is 19.6 Å². The van der Waals surface area contributed by atoms with Crippen LogP contribution >= 0.6 is 0 Å². The molecular formula is C14H30N2. The number of hydrogen-bond donors (Lipinski definition) is 2. The summed E-state index contributed by atoms with van der Waals surface area (Å²) >= 11 is 0. The lowest BCUT2D eigenvalue weighted by atomic mass is 9.88. The van der Waals surface area contributed by atoms with Crippen LogP contribution in [0.2, 0.25) is 0 Å². The van der Waals surface area contributed by atoms with Crippen LogP contribution in [0, 0.1) is 17.8 Å². The molecule has 1 aliphatic carbocycles. The fourth-order valence-electron chi connectivity index (χ4n) is 2.35. The van der Waals surface area contributed by atoms with Crippen LogP contribution < -0.4 is 11.1 Å². The molecule has 0 aliphatic heterocycles. The van der Waals surface area contributed by atoms with Gasteiger partial charge in [-0.25, -0.2) is 0 Å². The van der Waals surface area contributed by atoms with Crippen LogP contribution in [0.4, 0.5) is 0 Å². The summed E-state index contributed by atoms with van der Waals surface area (Å²) in [5, 5.41) is 3.56. The molecule has 0 aromatic rings. The Labute approximate surface area is 101 Å². The van der Waals surface area contributed by atoms with Gasteiger partial charge in [0.25, 0.3) is 0 Å². The Morgan fingerprint density at radius 3 is 2.50 bits per heavy atom. The predicted octanol–water partition coefficient (Wildman–Crippen LogP) is 2.78. The van der Waals surface area contributed by atoms with Crippen molar-refractivity contribution in [2.24, 2.45) is 23.5 Å². The van der Waals surface area contributed by atoms with Gasteiger partial charge in [0.1, 0.15) is 0 Å². The van der Waals surface area contributed by atoms with Crippen LogP contribution in [0.15, 0.2) is 0 Å². The van der Waals surface area contributed by atoms with E-state index >= 15 is 0 Å². The van der Waals surface area contributed by atoms with E-state index in [0.29, 0.717) is 0 Å². The van der Waals surface area contributed by atoms with E-state index in [1.54, 1.807) is 0 Å². The highest BCUT2D eigenvalue weighted by Gasteiger charge is 2.19. The minimum atomic E-state index is 0.787. The van der Waals surface area contributed by atoms with Crippen molar-refractivity contribution in [3.8, 4) is 0 Å². The minimum Gasteiger partial charge on any atom is -0.330 e. The number of rotatable bonds is 10. The summed E-state index contributed by atoms with van der Waals surface area (Å²) in [6.07, 6.45) is 8.20. The molecule has 2 nitrogen and oxygen atoms in total. The van der Waals surface area contributed by atoms with Crippen LogP contribution in [0.25, 0.3) is 0 Å². The maximum absolute atomic E-state index is 5.64. The molecule has 0 bridgehead atoms. The average Bonchev–Trinajstić information content (AvgIpc) is 3.05. The largest absolute Gasteiger partial charge is 0.330 e. The monoisotopic (exact) mass is 226 g/mol. The first-order chi connectivity index (χ1) is 7.74. The quantitative estimate of drug-likeness (QED) is 0.562. The second kappa shape index (κ2) is 8.08. The third-order valence-electron chi connectivity index (χ3n) is 3.84. The molecule has 0 aromatic heterocycles. The molecule has 0 spiro atoms. The molecule has 3 N–H and O–H groups in total. The zero-order chi connectivity index (χ0) is 11.8. The standard InChI is InChI=1S/C14H30N2/c1-12(2)14(7-9-15)4-3-10-16-11-8-13-5-6-13/h12-14,16H,3-11,15H2,1-2H3. The average molecular weight is 226 g/mol. The van der Waals surface area contributed by atoms with Gasteiger partial charge in [-0.15, -0.1) is 0 Å². The van der Waals surface area contributed by atoms with Gasteiger partial charge >= 0.3 is 0 Å². The van der Waals surface area contributed by atoms with Gasteiger partial charge < -0.3 is 11.1 Å². The molecule has 1 rings (SSSR count). The number of nitrogens with one attached hydrogen (secondary N) is 1. The fraction of sp³-hybridized carbons (Fsp3) is 1.00. The Balaban J connectivity index is 1.90. The SMILES string of the molecule is CC(C)C(CCN)CCCNCCC1CC1. The highest BCUT2D eigenvalue weighted by molar-refractivity contribution is 4.73. The summed E-state index contributed by atoms with van der Waals surface area (Å²) in [4.78, 5) is 0. The molecule has 0 radical (unpaired) electrons. The normalized spacial score (nSPS) is 18.0. The Hall–Kier alpha value is -0.0800. The summed E-state index contributed by atoms with van der Waals surface area (Å²) in [7, 11) is 0. The summed E-state index contributed by atoms with van der Waals surface area (Å²) in [5.41, 5.74) is 5.64. The number of nitrogens with two attached hydrogens (primary N) is 1. The maximum atomic E-state index is 5.64. The van der Waals surface area contributed by atoms with E-state index in [2.05, 4.69) is 19.2 Å². The molecule has 0 heterocycles. The van der Waals surface area contributed by atoms with E-state index in [0.717, 1.165) is 24.3 Å². The summed E-state index contributed by atoms with van der Waals surface area (Å²) < 4.78 is 0. The first-order valence-electron chi connectivity index (χ1n) is 7.14. The minimum absolute atomic E-state index is 0.787. The van der Waals surface area contributed by atoms with E-state index in [4.69, 9.17) is 5.73 Å². The van der Waals surface area contributed by atoms with Crippen LogP contribution in [0.3, 0.4) is 0 Å². The molecule has 0 saturated heterocycles.